The second-order valence-corrected chi connectivity index (χ2v) is 7.74. The molecule has 4 rings (SSSR count). The molecule has 0 aromatic heterocycles. The van der Waals surface area contributed by atoms with Gasteiger partial charge in [0.2, 0.25) is 0 Å². The van der Waals surface area contributed by atoms with Gasteiger partial charge in [0.15, 0.2) is 0 Å². The lowest BCUT2D eigenvalue weighted by Gasteiger charge is -2.10. The first-order valence-corrected chi connectivity index (χ1v) is 10.5. The highest BCUT2D eigenvalue weighted by atomic mass is 35.5. The Hall–Kier alpha value is -4.16. The molecule has 164 valence electrons. The molecule has 2 amide bonds. The van der Waals surface area contributed by atoms with Crippen LogP contribution >= 0.6 is 11.6 Å². The van der Waals surface area contributed by atoms with Crippen LogP contribution in [0.15, 0.2) is 90.0 Å². The van der Waals surface area contributed by atoms with Crippen LogP contribution in [0, 0.1) is 0 Å². The zero-order chi connectivity index (χ0) is 23.4. The number of phenolic OH excluding ortho intramolecular Hbond substituents is 1. The molecule has 4 aromatic rings. The summed E-state index contributed by atoms with van der Waals surface area (Å²) in [5.74, 6) is -0.970. The third-order valence-electron chi connectivity index (χ3n) is 5.12. The Kier molecular flexibility index (Phi) is 6.38. The molecule has 0 radical (unpaired) electrons. The highest BCUT2D eigenvalue weighted by molar-refractivity contribution is 6.34. The Labute approximate surface area is 195 Å². The van der Waals surface area contributed by atoms with E-state index in [1.54, 1.807) is 67.6 Å². The minimum Gasteiger partial charge on any atom is -0.507 e. The molecule has 0 aliphatic rings. The predicted octanol–water partition coefficient (Wildman–Crippen LogP) is 5.61. The Bertz CT molecular complexity index is 1400. The number of hydrazone groups is 1. The number of amides is 2. The molecule has 0 bridgehead atoms. The van der Waals surface area contributed by atoms with Crippen molar-refractivity contribution in [2.75, 3.05) is 5.32 Å². The Morgan fingerprint density at radius 1 is 0.879 bits per heavy atom. The van der Waals surface area contributed by atoms with E-state index < -0.39 is 5.91 Å². The highest BCUT2D eigenvalue weighted by Crippen LogP contribution is 2.27. The number of halogens is 1. The van der Waals surface area contributed by atoms with Gasteiger partial charge in [-0.1, -0.05) is 66.2 Å². The summed E-state index contributed by atoms with van der Waals surface area (Å²) in [6.45, 7) is 1.73. The van der Waals surface area contributed by atoms with Crippen LogP contribution in [0.3, 0.4) is 0 Å². The standard InChI is InChI=1S/C26H20ClN3O3/c1-16(29-30-26(33)24-20-10-3-2-7-17(20)13-14-23(24)31)18-8-6-9-19(15-18)28-25(32)21-11-4-5-12-22(21)27/h2-15,31H,1H3,(H,28,32)(H,30,33)/b29-16+. The second kappa shape index (κ2) is 9.54. The minimum absolute atomic E-state index is 0.122. The monoisotopic (exact) mass is 457 g/mol. The number of anilines is 1. The number of rotatable bonds is 5. The molecule has 0 saturated heterocycles. The molecule has 6 nitrogen and oxygen atoms in total. The van der Waals surface area contributed by atoms with Gasteiger partial charge in [0.05, 0.1) is 21.9 Å². The van der Waals surface area contributed by atoms with E-state index in [-0.39, 0.29) is 17.2 Å². The number of hydrogen-bond donors (Lipinski definition) is 3. The lowest BCUT2D eigenvalue weighted by atomic mass is 10.0. The molecule has 0 heterocycles. The Balaban J connectivity index is 1.52. The van der Waals surface area contributed by atoms with Crippen LogP contribution < -0.4 is 10.7 Å². The number of carbonyl (C=O) groups excluding carboxylic acids is 2. The number of nitrogens with one attached hydrogen (secondary N) is 2. The van der Waals surface area contributed by atoms with E-state index in [0.717, 1.165) is 5.39 Å². The minimum atomic E-state index is -0.521. The second-order valence-electron chi connectivity index (χ2n) is 7.33. The molecule has 3 N–H and O–H groups in total. The number of hydrogen-bond acceptors (Lipinski definition) is 4. The summed E-state index contributed by atoms with van der Waals surface area (Å²) >= 11 is 6.10. The smallest absolute Gasteiger partial charge is 0.275 e. The van der Waals surface area contributed by atoms with Crippen molar-refractivity contribution in [1.29, 1.82) is 0 Å². The maximum absolute atomic E-state index is 12.8. The quantitative estimate of drug-likeness (QED) is 0.269. The van der Waals surface area contributed by atoms with Gasteiger partial charge in [-0.2, -0.15) is 5.10 Å². The zero-order valence-electron chi connectivity index (χ0n) is 17.7. The summed E-state index contributed by atoms with van der Waals surface area (Å²) < 4.78 is 0. The Morgan fingerprint density at radius 3 is 2.45 bits per heavy atom. The summed E-state index contributed by atoms with van der Waals surface area (Å²) in [6.07, 6.45) is 0. The maximum Gasteiger partial charge on any atom is 0.275 e. The molecular weight excluding hydrogens is 438 g/mol. The molecule has 7 heteroatoms. The summed E-state index contributed by atoms with van der Waals surface area (Å²) in [5, 5.41) is 19.1. The first-order chi connectivity index (χ1) is 15.9. The van der Waals surface area contributed by atoms with E-state index in [1.165, 1.54) is 6.07 Å². The van der Waals surface area contributed by atoms with Crippen LogP contribution in [0.4, 0.5) is 5.69 Å². The van der Waals surface area contributed by atoms with Crippen LogP contribution in [0.5, 0.6) is 5.75 Å². The molecule has 0 saturated carbocycles. The zero-order valence-corrected chi connectivity index (χ0v) is 18.4. The lowest BCUT2D eigenvalue weighted by molar-refractivity contribution is 0.0953. The first-order valence-electron chi connectivity index (χ1n) is 10.2. The van der Waals surface area contributed by atoms with E-state index in [0.29, 0.717) is 32.9 Å². The normalized spacial score (nSPS) is 11.3. The van der Waals surface area contributed by atoms with E-state index in [1.807, 2.05) is 18.2 Å². The molecule has 4 aromatic carbocycles. The van der Waals surface area contributed by atoms with Crippen LogP contribution in [0.2, 0.25) is 5.02 Å². The van der Waals surface area contributed by atoms with Crippen molar-refractivity contribution < 1.29 is 14.7 Å². The highest BCUT2D eigenvalue weighted by Gasteiger charge is 2.15. The van der Waals surface area contributed by atoms with Gasteiger partial charge in [0.1, 0.15) is 5.75 Å². The van der Waals surface area contributed by atoms with Gasteiger partial charge < -0.3 is 10.4 Å². The molecule has 0 spiro atoms. The van der Waals surface area contributed by atoms with Gasteiger partial charge in [0, 0.05) is 5.69 Å². The van der Waals surface area contributed by atoms with Gasteiger partial charge in [-0.3, -0.25) is 9.59 Å². The number of carbonyl (C=O) groups is 2. The van der Waals surface area contributed by atoms with Gasteiger partial charge in [-0.05, 0) is 53.6 Å². The predicted molar refractivity (Wildman–Crippen MR) is 131 cm³/mol. The third kappa shape index (κ3) is 4.86. The van der Waals surface area contributed by atoms with Crippen molar-refractivity contribution in [3.63, 3.8) is 0 Å². The van der Waals surface area contributed by atoms with Gasteiger partial charge >= 0.3 is 0 Å². The summed E-state index contributed by atoms with van der Waals surface area (Å²) in [7, 11) is 0. The van der Waals surface area contributed by atoms with Crippen molar-refractivity contribution >= 4 is 45.6 Å². The Morgan fingerprint density at radius 2 is 1.64 bits per heavy atom. The molecule has 0 aliphatic carbocycles. The lowest BCUT2D eigenvalue weighted by Crippen LogP contribution is -2.20. The van der Waals surface area contributed by atoms with E-state index in [4.69, 9.17) is 11.6 Å². The third-order valence-corrected chi connectivity index (χ3v) is 5.45. The maximum atomic E-state index is 12.8. The van der Waals surface area contributed by atoms with E-state index in [2.05, 4.69) is 15.8 Å². The van der Waals surface area contributed by atoms with Gasteiger partial charge in [-0.15, -0.1) is 0 Å². The number of nitrogens with zero attached hydrogens (tertiary/aromatic N) is 1. The summed E-state index contributed by atoms with van der Waals surface area (Å²) in [4.78, 5) is 25.3. The fourth-order valence-corrected chi connectivity index (χ4v) is 3.64. The molecule has 0 fully saturated rings. The number of benzene rings is 4. The van der Waals surface area contributed by atoms with Crippen molar-refractivity contribution in [3.05, 3.63) is 107 Å². The fourth-order valence-electron chi connectivity index (χ4n) is 3.42. The molecule has 0 atom stereocenters. The van der Waals surface area contributed by atoms with Crippen molar-refractivity contribution in [2.45, 2.75) is 6.92 Å². The van der Waals surface area contributed by atoms with Gasteiger partial charge in [-0.25, -0.2) is 5.43 Å². The number of phenols is 1. The fraction of sp³-hybridized carbons (Fsp3) is 0.0385. The number of fused-ring (bicyclic) bond motifs is 1. The van der Waals surface area contributed by atoms with Crippen molar-refractivity contribution in [1.82, 2.24) is 5.43 Å². The number of aromatic hydroxyl groups is 1. The average molecular weight is 458 g/mol. The SMILES string of the molecule is C/C(=N\NC(=O)c1c(O)ccc2ccccc12)c1cccc(NC(=O)c2ccccc2Cl)c1. The van der Waals surface area contributed by atoms with Crippen LogP contribution in [-0.4, -0.2) is 22.6 Å². The average Bonchev–Trinajstić information content (AvgIpc) is 2.82. The van der Waals surface area contributed by atoms with Gasteiger partial charge in [0.25, 0.3) is 11.8 Å². The van der Waals surface area contributed by atoms with Crippen LogP contribution in [0.1, 0.15) is 33.2 Å². The molecule has 33 heavy (non-hydrogen) atoms. The van der Waals surface area contributed by atoms with Crippen LogP contribution in [0.25, 0.3) is 10.8 Å². The summed E-state index contributed by atoms with van der Waals surface area (Å²) in [5.41, 5.74) is 4.83. The van der Waals surface area contributed by atoms with E-state index >= 15 is 0 Å². The van der Waals surface area contributed by atoms with E-state index in [9.17, 15) is 14.7 Å². The molecule has 0 unspecified atom stereocenters. The first kappa shape index (κ1) is 22.0. The topological polar surface area (TPSA) is 90.8 Å². The van der Waals surface area contributed by atoms with Crippen molar-refractivity contribution in [3.8, 4) is 5.75 Å². The van der Waals surface area contributed by atoms with Crippen molar-refractivity contribution in [2.24, 2.45) is 5.10 Å². The summed E-state index contributed by atoms with van der Waals surface area (Å²) in [6, 6.07) is 24.4. The largest absolute Gasteiger partial charge is 0.507 e. The van der Waals surface area contributed by atoms with Crippen LogP contribution in [-0.2, 0) is 0 Å². The molecule has 0 aliphatic heterocycles. The molecular formula is C26H20ClN3O3.